The number of nitrogens with zero attached hydrogens (tertiary/aromatic N) is 1. The molecule has 0 aromatic heterocycles. The summed E-state index contributed by atoms with van der Waals surface area (Å²) in [6.07, 6.45) is 0. The van der Waals surface area contributed by atoms with E-state index in [1.54, 1.807) is 0 Å². The van der Waals surface area contributed by atoms with E-state index in [9.17, 15) is 0 Å². The van der Waals surface area contributed by atoms with E-state index >= 15 is 0 Å². The SMILES string of the molecule is CCN[SiH](CCN(CC(C)C)CC(C)C)OCC. The van der Waals surface area contributed by atoms with Crippen LogP contribution in [0.5, 0.6) is 0 Å². The van der Waals surface area contributed by atoms with Gasteiger partial charge in [0.2, 0.25) is 0 Å². The Bertz CT molecular complexity index is 173. The van der Waals surface area contributed by atoms with Gasteiger partial charge in [0.25, 0.3) is 9.20 Å². The van der Waals surface area contributed by atoms with Crippen molar-refractivity contribution in [3.8, 4) is 0 Å². The van der Waals surface area contributed by atoms with Crippen molar-refractivity contribution in [3.63, 3.8) is 0 Å². The Labute approximate surface area is 116 Å². The fourth-order valence-corrected chi connectivity index (χ4v) is 4.21. The molecule has 0 aliphatic rings. The summed E-state index contributed by atoms with van der Waals surface area (Å²) in [6, 6.07) is 1.21. The Morgan fingerprint density at radius 1 is 1.06 bits per heavy atom. The number of nitrogens with one attached hydrogen (secondary N) is 1. The molecular formula is C14H34N2OSi. The average Bonchev–Trinajstić information content (AvgIpc) is 2.24. The van der Waals surface area contributed by atoms with Gasteiger partial charge in [-0.3, -0.25) is 0 Å². The monoisotopic (exact) mass is 274 g/mol. The highest BCUT2D eigenvalue weighted by molar-refractivity contribution is 6.48. The first kappa shape index (κ1) is 18.1. The van der Waals surface area contributed by atoms with Gasteiger partial charge in [-0.15, -0.1) is 0 Å². The zero-order chi connectivity index (χ0) is 14.0. The van der Waals surface area contributed by atoms with Crippen molar-refractivity contribution in [1.29, 1.82) is 0 Å². The van der Waals surface area contributed by atoms with Gasteiger partial charge in [0, 0.05) is 19.7 Å². The summed E-state index contributed by atoms with van der Waals surface area (Å²) in [5, 5.41) is 0. The molecule has 0 aromatic carbocycles. The molecule has 0 fully saturated rings. The third kappa shape index (κ3) is 10.1. The van der Waals surface area contributed by atoms with Crippen LogP contribution in [-0.2, 0) is 4.43 Å². The van der Waals surface area contributed by atoms with E-state index in [1.165, 1.54) is 25.7 Å². The molecule has 0 bridgehead atoms. The van der Waals surface area contributed by atoms with Gasteiger partial charge in [-0.1, -0.05) is 34.6 Å². The Kier molecular flexibility index (Phi) is 11.0. The van der Waals surface area contributed by atoms with E-state index in [2.05, 4.69) is 51.4 Å². The molecule has 0 rings (SSSR count). The summed E-state index contributed by atoms with van der Waals surface area (Å²) in [7, 11) is -1.17. The van der Waals surface area contributed by atoms with Crippen LogP contribution in [0.25, 0.3) is 0 Å². The molecule has 3 nitrogen and oxygen atoms in total. The minimum atomic E-state index is -1.17. The molecule has 0 spiro atoms. The molecular weight excluding hydrogens is 240 g/mol. The zero-order valence-corrected chi connectivity index (χ0v) is 14.5. The van der Waals surface area contributed by atoms with Gasteiger partial charge in [-0.25, -0.2) is 0 Å². The molecule has 0 heterocycles. The van der Waals surface area contributed by atoms with Crippen molar-refractivity contribution < 1.29 is 4.43 Å². The number of hydrogen-bond acceptors (Lipinski definition) is 3. The first-order valence-corrected chi connectivity index (χ1v) is 9.43. The Morgan fingerprint density at radius 2 is 1.61 bits per heavy atom. The second-order valence-electron chi connectivity index (χ2n) is 5.84. The molecule has 110 valence electrons. The molecule has 0 radical (unpaired) electrons. The summed E-state index contributed by atoms with van der Waals surface area (Å²) in [6.45, 7) is 18.9. The van der Waals surface area contributed by atoms with Gasteiger partial charge < -0.3 is 14.3 Å². The summed E-state index contributed by atoms with van der Waals surface area (Å²) in [4.78, 5) is 6.14. The molecule has 1 N–H and O–H groups in total. The topological polar surface area (TPSA) is 24.5 Å². The van der Waals surface area contributed by atoms with Crippen molar-refractivity contribution in [2.75, 3.05) is 32.8 Å². The average molecular weight is 275 g/mol. The molecule has 0 aliphatic heterocycles. The predicted octanol–water partition coefficient (Wildman–Crippen LogP) is 2.47. The van der Waals surface area contributed by atoms with Crippen LogP contribution in [0.3, 0.4) is 0 Å². The summed E-state index contributed by atoms with van der Waals surface area (Å²) in [5.41, 5.74) is 0. The van der Waals surface area contributed by atoms with E-state index in [0.717, 1.165) is 25.0 Å². The molecule has 0 saturated heterocycles. The van der Waals surface area contributed by atoms with E-state index in [0.29, 0.717) is 0 Å². The summed E-state index contributed by atoms with van der Waals surface area (Å²) in [5.74, 6) is 1.49. The molecule has 1 unspecified atom stereocenters. The van der Waals surface area contributed by atoms with Crippen LogP contribution in [-0.4, -0.2) is 46.9 Å². The predicted molar refractivity (Wildman–Crippen MR) is 83.4 cm³/mol. The van der Waals surface area contributed by atoms with Gasteiger partial charge >= 0.3 is 0 Å². The number of rotatable bonds is 11. The molecule has 4 heteroatoms. The lowest BCUT2D eigenvalue weighted by atomic mass is 10.1. The van der Waals surface area contributed by atoms with Gasteiger partial charge in [-0.2, -0.15) is 0 Å². The van der Waals surface area contributed by atoms with E-state index < -0.39 is 9.20 Å². The normalized spacial score (nSPS) is 13.8. The first-order chi connectivity index (χ1) is 8.49. The molecule has 0 aliphatic carbocycles. The quantitative estimate of drug-likeness (QED) is 0.586. The maximum atomic E-state index is 5.84. The maximum absolute atomic E-state index is 5.84. The van der Waals surface area contributed by atoms with Crippen molar-refractivity contribution in [1.82, 2.24) is 9.88 Å². The van der Waals surface area contributed by atoms with E-state index in [1.807, 2.05) is 0 Å². The van der Waals surface area contributed by atoms with Crippen LogP contribution in [0.1, 0.15) is 41.5 Å². The van der Waals surface area contributed by atoms with Crippen molar-refractivity contribution >= 4 is 9.20 Å². The fourth-order valence-electron chi connectivity index (χ4n) is 2.26. The van der Waals surface area contributed by atoms with Gasteiger partial charge in [-0.05, 0) is 37.9 Å². The van der Waals surface area contributed by atoms with Crippen molar-refractivity contribution in [2.24, 2.45) is 11.8 Å². The van der Waals surface area contributed by atoms with Crippen LogP contribution in [0.2, 0.25) is 6.04 Å². The second kappa shape index (κ2) is 11.0. The lowest BCUT2D eigenvalue weighted by Crippen LogP contribution is -2.41. The zero-order valence-electron chi connectivity index (χ0n) is 13.3. The fraction of sp³-hybridized carbons (Fsp3) is 1.00. The molecule has 0 saturated carbocycles. The maximum Gasteiger partial charge on any atom is 0.253 e. The van der Waals surface area contributed by atoms with Gasteiger partial charge in [0.05, 0.1) is 0 Å². The van der Waals surface area contributed by atoms with Gasteiger partial charge in [0.15, 0.2) is 0 Å². The van der Waals surface area contributed by atoms with Crippen LogP contribution in [0, 0.1) is 11.8 Å². The number of hydrogen-bond donors (Lipinski definition) is 1. The highest BCUT2D eigenvalue weighted by Gasteiger charge is 2.14. The first-order valence-electron chi connectivity index (χ1n) is 7.56. The Balaban J connectivity index is 4.11. The van der Waals surface area contributed by atoms with E-state index in [-0.39, 0.29) is 0 Å². The summed E-state index contributed by atoms with van der Waals surface area (Å²) >= 11 is 0. The smallest absolute Gasteiger partial charge is 0.253 e. The highest BCUT2D eigenvalue weighted by Crippen LogP contribution is 2.06. The minimum Gasteiger partial charge on any atom is -0.406 e. The second-order valence-corrected chi connectivity index (χ2v) is 8.13. The lowest BCUT2D eigenvalue weighted by Gasteiger charge is -2.27. The van der Waals surface area contributed by atoms with Crippen LogP contribution < -0.4 is 4.98 Å². The van der Waals surface area contributed by atoms with Crippen LogP contribution in [0.15, 0.2) is 0 Å². The molecule has 0 amide bonds. The molecule has 18 heavy (non-hydrogen) atoms. The van der Waals surface area contributed by atoms with Crippen LogP contribution in [0.4, 0.5) is 0 Å². The Morgan fingerprint density at radius 3 is 2.00 bits per heavy atom. The third-order valence-corrected chi connectivity index (χ3v) is 5.14. The van der Waals surface area contributed by atoms with Gasteiger partial charge in [0.1, 0.15) is 0 Å². The molecule has 1 atom stereocenters. The lowest BCUT2D eigenvalue weighted by molar-refractivity contribution is 0.225. The standard InChI is InChI=1S/C14H34N2OSi/c1-7-15-18(17-8-2)10-9-16(11-13(3)4)12-14(5)6/h13-15,18H,7-12H2,1-6H3. The van der Waals surface area contributed by atoms with Crippen molar-refractivity contribution in [2.45, 2.75) is 47.6 Å². The Hall–Kier alpha value is 0.0969. The van der Waals surface area contributed by atoms with Crippen LogP contribution >= 0.6 is 0 Å². The molecule has 0 aromatic rings. The highest BCUT2D eigenvalue weighted by atomic mass is 28.3. The van der Waals surface area contributed by atoms with E-state index in [4.69, 9.17) is 4.43 Å². The van der Waals surface area contributed by atoms with Crippen molar-refractivity contribution in [3.05, 3.63) is 0 Å². The minimum absolute atomic E-state index is 0.745. The summed E-state index contributed by atoms with van der Waals surface area (Å²) < 4.78 is 5.84. The third-order valence-electron chi connectivity index (χ3n) is 2.75. The largest absolute Gasteiger partial charge is 0.406 e.